The van der Waals surface area contributed by atoms with Crippen LogP contribution in [0.2, 0.25) is 0 Å². The van der Waals surface area contributed by atoms with Crippen molar-refractivity contribution in [1.29, 1.82) is 0 Å². The topological polar surface area (TPSA) is 12.5 Å². The highest BCUT2D eigenvalue weighted by Gasteiger charge is 2.13. The predicted molar refractivity (Wildman–Crippen MR) is 59.8 cm³/mol. The first-order chi connectivity index (χ1) is 7.56. The molecule has 0 saturated carbocycles. The first-order valence-electron chi connectivity index (χ1n) is 5.22. The molecule has 0 heterocycles. The highest BCUT2D eigenvalue weighted by molar-refractivity contribution is 5.36. The minimum Gasteiger partial charge on any atom is -0.493 e. The summed E-state index contributed by atoms with van der Waals surface area (Å²) < 4.78 is 31.7. The molecule has 0 bridgehead atoms. The number of hydrogen-bond donors (Lipinski definition) is 0. The molecule has 0 spiro atoms. The van der Waals surface area contributed by atoms with E-state index in [0.717, 1.165) is 25.1 Å². The Hall–Kier alpha value is -1.16. The summed E-state index contributed by atoms with van der Waals surface area (Å²) in [6.45, 7) is 0.832. The van der Waals surface area contributed by atoms with Gasteiger partial charge in [-0.15, -0.1) is 0 Å². The average molecular weight is 229 g/mol. The Balaban J connectivity index is 2.81. The largest absolute Gasteiger partial charge is 0.493 e. The van der Waals surface area contributed by atoms with Crippen molar-refractivity contribution in [2.75, 3.05) is 27.7 Å². The molecule has 0 fully saturated rings. The molecule has 1 aromatic rings. The Bertz CT molecular complexity index is 353. The summed E-state index contributed by atoms with van der Waals surface area (Å²) in [6, 6.07) is 2.23. The summed E-state index contributed by atoms with van der Waals surface area (Å²) in [5.41, 5.74) is 0.323. The molecule has 2 nitrogen and oxygen atoms in total. The lowest BCUT2D eigenvalue weighted by Gasteiger charge is -2.12. The molecule has 0 unspecified atom stereocenters. The first-order valence-corrected chi connectivity index (χ1v) is 5.22. The maximum Gasteiger partial charge on any atom is 0.165 e. The van der Waals surface area contributed by atoms with E-state index in [1.165, 1.54) is 7.11 Å². The molecule has 0 aliphatic heterocycles. The highest BCUT2D eigenvalue weighted by atomic mass is 19.1. The van der Waals surface area contributed by atoms with Gasteiger partial charge in [0.2, 0.25) is 0 Å². The fourth-order valence-corrected chi connectivity index (χ4v) is 1.60. The third-order valence-electron chi connectivity index (χ3n) is 2.39. The van der Waals surface area contributed by atoms with Gasteiger partial charge in [0.05, 0.1) is 7.11 Å². The zero-order chi connectivity index (χ0) is 12.1. The second-order valence-electron chi connectivity index (χ2n) is 3.95. The van der Waals surface area contributed by atoms with Gasteiger partial charge in [-0.25, -0.2) is 8.78 Å². The fourth-order valence-electron chi connectivity index (χ4n) is 1.60. The number of nitrogens with zero attached hydrogens (tertiary/aromatic N) is 1. The molecule has 0 N–H and O–H groups in total. The standard InChI is InChI=1S/C12H17F2NO/c1-15(2)8-4-5-9-10(13)6-7-11(14)12(9)16-3/h6-7H,4-5,8H2,1-3H3. The predicted octanol–water partition coefficient (Wildman–Crippen LogP) is 2.47. The Morgan fingerprint density at radius 1 is 1.19 bits per heavy atom. The van der Waals surface area contributed by atoms with Crippen LogP contribution in [0.3, 0.4) is 0 Å². The zero-order valence-corrected chi connectivity index (χ0v) is 9.89. The van der Waals surface area contributed by atoms with Gasteiger partial charge in [-0.05, 0) is 45.6 Å². The van der Waals surface area contributed by atoms with Gasteiger partial charge in [0, 0.05) is 5.56 Å². The molecule has 90 valence electrons. The number of benzene rings is 1. The number of ether oxygens (including phenoxy) is 1. The SMILES string of the molecule is COc1c(F)ccc(F)c1CCCN(C)C. The minimum atomic E-state index is -0.510. The van der Waals surface area contributed by atoms with Crippen molar-refractivity contribution in [2.45, 2.75) is 12.8 Å². The zero-order valence-electron chi connectivity index (χ0n) is 9.89. The van der Waals surface area contributed by atoms with Crippen LogP contribution in [0.15, 0.2) is 12.1 Å². The smallest absolute Gasteiger partial charge is 0.165 e. The van der Waals surface area contributed by atoms with Gasteiger partial charge in [-0.1, -0.05) is 0 Å². The summed E-state index contributed by atoms with van der Waals surface area (Å²) in [4.78, 5) is 2.00. The highest BCUT2D eigenvalue weighted by Crippen LogP contribution is 2.26. The monoisotopic (exact) mass is 229 g/mol. The van der Waals surface area contributed by atoms with Crippen LogP contribution in [-0.4, -0.2) is 32.6 Å². The third-order valence-corrected chi connectivity index (χ3v) is 2.39. The van der Waals surface area contributed by atoms with Crippen LogP contribution in [0.1, 0.15) is 12.0 Å². The van der Waals surface area contributed by atoms with E-state index >= 15 is 0 Å². The van der Waals surface area contributed by atoms with Crippen molar-refractivity contribution < 1.29 is 13.5 Å². The second kappa shape index (κ2) is 5.80. The van der Waals surface area contributed by atoms with Crippen LogP contribution in [-0.2, 0) is 6.42 Å². The van der Waals surface area contributed by atoms with E-state index in [9.17, 15) is 8.78 Å². The average Bonchev–Trinajstić information content (AvgIpc) is 2.23. The number of rotatable bonds is 5. The van der Waals surface area contributed by atoms with Crippen LogP contribution in [0.25, 0.3) is 0 Å². The fraction of sp³-hybridized carbons (Fsp3) is 0.500. The number of methoxy groups -OCH3 is 1. The molecule has 1 rings (SSSR count). The summed E-state index contributed by atoms with van der Waals surface area (Å²) in [6.07, 6.45) is 1.24. The molecule has 0 saturated heterocycles. The normalized spacial score (nSPS) is 10.9. The van der Waals surface area contributed by atoms with Crippen LogP contribution >= 0.6 is 0 Å². The van der Waals surface area contributed by atoms with Crippen LogP contribution in [0.5, 0.6) is 5.75 Å². The van der Waals surface area contributed by atoms with Gasteiger partial charge in [0.15, 0.2) is 11.6 Å². The van der Waals surface area contributed by atoms with Gasteiger partial charge in [0.25, 0.3) is 0 Å². The quantitative estimate of drug-likeness (QED) is 0.769. The maximum atomic E-state index is 13.5. The van der Waals surface area contributed by atoms with E-state index in [1.54, 1.807) is 0 Å². The minimum absolute atomic E-state index is 0.0266. The third kappa shape index (κ3) is 3.17. The molecule has 0 aliphatic rings. The van der Waals surface area contributed by atoms with Crippen molar-refractivity contribution in [3.05, 3.63) is 29.3 Å². The Labute approximate surface area is 94.8 Å². The van der Waals surface area contributed by atoms with Crippen molar-refractivity contribution >= 4 is 0 Å². The lowest BCUT2D eigenvalue weighted by Crippen LogP contribution is -2.14. The van der Waals surface area contributed by atoms with Gasteiger partial charge >= 0.3 is 0 Å². The lowest BCUT2D eigenvalue weighted by atomic mass is 10.1. The molecule has 0 atom stereocenters. The molecular weight excluding hydrogens is 212 g/mol. The van der Waals surface area contributed by atoms with E-state index in [4.69, 9.17) is 4.74 Å². The van der Waals surface area contributed by atoms with Gasteiger partial charge in [-0.2, -0.15) is 0 Å². The molecule has 0 amide bonds. The van der Waals surface area contributed by atoms with Crippen molar-refractivity contribution in [3.63, 3.8) is 0 Å². The first kappa shape index (κ1) is 12.9. The summed E-state index contributed by atoms with van der Waals surface area (Å²) in [7, 11) is 5.24. The van der Waals surface area contributed by atoms with Crippen LogP contribution in [0, 0.1) is 11.6 Å². The summed E-state index contributed by atoms with van der Waals surface area (Å²) in [5, 5.41) is 0. The van der Waals surface area contributed by atoms with Crippen LogP contribution < -0.4 is 4.74 Å². The van der Waals surface area contributed by atoms with E-state index < -0.39 is 11.6 Å². The maximum absolute atomic E-state index is 13.5. The lowest BCUT2D eigenvalue weighted by molar-refractivity contribution is 0.368. The van der Waals surface area contributed by atoms with Gasteiger partial charge in [0.1, 0.15) is 5.82 Å². The summed E-state index contributed by atoms with van der Waals surface area (Å²) in [5.74, 6) is -0.889. The Morgan fingerprint density at radius 3 is 2.38 bits per heavy atom. The molecular formula is C12H17F2NO. The van der Waals surface area contributed by atoms with E-state index in [1.807, 2.05) is 19.0 Å². The van der Waals surface area contributed by atoms with E-state index in [0.29, 0.717) is 12.0 Å². The molecule has 16 heavy (non-hydrogen) atoms. The van der Waals surface area contributed by atoms with Gasteiger partial charge < -0.3 is 9.64 Å². The van der Waals surface area contributed by atoms with Crippen molar-refractivity contribution in [2.24, 2.45) is 0 Å². The Kier molecular flexibility index (Phi) is 4.68. The van der Waals surface area contributed by atoms with E-state index in [-0.39, 0.29) is 5.75 Å². The van der Waals surface area contributed by atoms with Crippen molar-refractivity contribution in [1.82, 2.24) is 4.90 Å². The molecule has 4 heteroatoms. The number of hydrogen-bond acceptors (Lipinski definition) is 2. The molecule has 0 radical (unpaired) electrons. The molecule has 1 aromatic carbocycles. The van der Waals surface area contributed by atoms with E-state index in [2.05, 4.69) is 0 Å². The Morgan fingerprint density at radius 2 is 1.81 bits per heavy atom. The molecule has 0 aromatic heterocycles. The van der Waals surface area contributed by atoms with Gasteiger partial charge in [-0.3, -0.25) is 0 Å². The molecule has 0 aliphatic carbocycles. The number of halogens is 2. The second-order valence-corrected chi connectivity index (χ2v) is 3.95. The summed E-state index contributed by atoms with van der Waals surface area (Å²) >= 11 is 0. The van der Waals surface area contributed by atoms with Crippen LogP contribution in [0.4, 0.5) is 8.78 Å². The van der Waals surface area contributed by atoms with Crippen molar-refractivity contribution in [3.8, 4) is 5.75 Å².